The maximum Gasteiger partial charge on any atom is 0.320 e. The molecule has 1 aromatic rings. The first-order valence-electron chi connectivity index (χ1n) is 9.68. The van der Waals surface area contributed by atoms with Gasteiger partial charge < -0.3 is 14.5 Å². The van der Waals surface area contributed by atoms with Gasteiger partial charge >= 0.3 is 6.03 Å². The number of nitriles is 1. The van der Waals surface area contributed by atoms with Gasteiger partial charge in [0.05, 0.1) is 18.7 Å². The lowest BCUT2D eigenvalue weighted by Gasteiger charge is -2.41. The molecule has 6 heteroatoms. The van der Waals surface area contributed by atoms with Gasteiger partial charge in [-0.05, 0) is 31.4 Å². The molecule has 0 atom stereocenters. The Balaban J connectivity index is 1.26. The second-order valence-corrected chi connectivity index (χ2v) is 7.50. The van der Waals surface area contributed by atoms with Crippen LogP contribution in [0.2, 0.25) is 0 Å². The van der Waals surface area contributed by atoms with E-state index in [0.29, 0.717) is 24.4 Å². The molecule has 0 spiro atoms. The van der Waals surface area contributed by atoms with Gasteiger partial charge in [-0.15, -0.1) is 0 Å². The predicted octanol–water partition coefficient (Wildman–Crippen LogP) is 2.30. The van der Waals surface area contributed by atoms with Gasteiger partial charge in [-0.2, -0.15) is 5.26 Å². The third-order valence-electron chi connectivity index (χ3n) is 5.81. The standard InChI is InChI=1S/C20H26N4O2/c21-13-16-5-1-2-8-19(16)26-18-14-24(15-18)20(25)23-10-4-9-22(11-12-23)17-6-3-7-17/h1-2,5,8,17-18H,3-4,6-7,9-12,14-15H2. The first kappa shape index (κ1) is 17.2. The van der Waals surface area contributed by atoms with Gasteiger partial charge in [-0.25, -0.2) is 4.79 Å². The van der Waals surface area contributed by atoms with Crippen molar-refractivity contribution in [3.63, 3.8) is 0 Å². The van der Waals surface area contributed by atoms with Crippen LogP contribution in [0.5, 0.6) is 5.75 Å². The molecule has 0 radical (unpaired) electrons. The average Bonchev–Trinajstić information content (AvgIpc) is 2.82. The lowest BCUT2D eigenvalue weighted by molar-refractivity contribution is 0.0307. The number of amides is 2. The molecule has 2 saturated heterocycles. The van der Waals surface area contributed by atoms with E-state index >= 15 is 0 Å². The van der Waals surface area contributed by atoms with Crippen LogP contribution in [0.4, 0.5) is 4.79 Å². The van der Waals surface area contributed by atoms with Gasteiger partial charge in [0, 0.05) is 32.2 Å². The van der Waals surface area contributed by atoms with Crippen LogP contribution in [0.15, 0.2) is 24.3 Å². The molecule has 4 rings (SSSR count). The summed E-state index contributed by atoms with van der Waals surface area (Å²) in [5.41, 5.74) is 0.542. The third kappa shape index (κ3) is 3.49. The SMILES string of the molecule is N#Cc1ccccc1OC1CN(C(=O)N2CCCN(C3CCC3)CC2)C1. The fraction of sp³-hybridized carbons (Fsp3) is 0.600. The van der Waals surface area contributed by atoms with Gasteiger partial charge in [-0.1, -0.05) is 18.6 Å². The van der Waals surface area contributed by atoms with E-state index in [1.54, 1.807) is 6.07 Å². The summed E-state index contributed by atoms with van der Waals surface area (Å²) >= 11 is 0. The highest BCUT2D eigenvalue weighted by molar-refractivity contribution is 5.75. The highest BCUT2D eigenvalue weighted by Crippen LogP contribution is 2.26. The molecule has 2 aliphatic heterocycles. The Morgan fingerprint density at radius 2 is 1.85 bits per heavy atom. The molecule has 0 N–H and O–H groups in total. The van der Waals surface area contributed by atoms with E-state index in [0.717, 1.165) is 38.6 Å². The van der Waals surface area contributed by atoms with E-state index in [4.69, 9.17) is 10.00 Å². The van der Waals surface area contributed by atoms with Crippen LogP contribution >= 0.6 is 0 Å². The van der Waals surface area contributed by atoms with E-state index in [2.05, 4.69) is 11.0 Å². The normalized spacial score (nSPS) is 22.1. The monoisotopic (exact) mass is 354 g/mol. The first-order valence-corrected chi connectivity index (χ1v) is 9.68. The molecule has 0 aromatic heterocycles. The Labute approximate surface area is 154 Å². The summed E-state index contributed by atoms with van der Waals surface area (Å²) in [6.45, 7) is 4.99. The topological polar surface area (TPSA) is 59.8 Å². The van der Waals surface area contributed by atoms with Crippen molar-refractivity contribution >= 4 is 6.03 Å². The van der Waals surface area contributed by atoms with Crippen molar-refractivity contribution in [2.45, 2.75) is 37.8 Å². The van der Waals surface area contributed by atoms with Crippen molar-refractivity contribution < 1.29 is 9.53 Å². The minimum atomic E-state index is -0.0214. The predicted molar refractivity (Wildman–Crippen MR) is 97.9 cm³/mol. The third-order valence-corrected chi connectivity index (χ3v) is 5.81. The summed E-state index contributed by atoms with van der Waals surface area (Å²) < 4.78 is 5.89. The molecule has 3 fully saturated rings. The van der Waals surface area contributed by atoms with Crippen molar-refractivity contribution in [1.29, 1.82) is 5.26 Å². The number of rotatable bonds is 3. The number of hydrogen-bond donors (Lipinski definition) is 0. The fourth-order valence-electron chi connectivity index (χ4n) is 3.96. The molecular formula is C20H26N4O2. The number of nitrogens with zero attached hydrogens (tertiary/aromatic N) is 4. The smallest absolute Gasteiger partial charge is 0.320 e. The van der Waals surface area contributed by atoms with Crippen LogP contribution in [0.25, 0.3) is 0 Å². The van der Waals surface area contributed by atoms with E-state index in [1.165, 1.54) is 19.3 Å². The highest BCUT2D eigenvalue weighted by Gasteiger charge is 2.36. The lowest BCUT2D eigenvalue weighted by atomic mass is 9.91. The Morgan fingerprint density at radius 3 is 2.58 bits per heavy atom. The quantitative estimate of drug-likeness (QED) is 0.836. The minimum Gasteiger partial charge on any atom is -0.485 e. The Bertz CT molecular complexity index is 691. The molecule has 26 heavy (non-hydrogen) atoms. The van der Waals surface area contributed by atoms with Gasteiger partial charge in [0.25, 0.3) is 0 Å². The fourth-order valence-corrected chi connectivity index (χ4v) is 3.96. The summed E-state index contributed by atoms with van der Waals surface area (Å²) in [6, 6.07) is 10.3. The minimum absolute atomic E-state index is 0.0214. The van der Waals surface area contributed by atoms with Crippen LogP contribution in [0.3, 0.4) is 0 Å². The van der Waals surface area contributed by atoms with Crippen molar-refractivity contribution in [2.24, 2.45) is 0 Å². The van der Waals surface area contributed by atoms with Gasteiger partial charge in [-0.3, -0.25) is 4.90 Å². The zero-order valence-corrected chi connectivity index (χ0v) is 15.1. The molecule has 138 valence electrons. The Morgan fingerprint density at radius 1 is 1.04 bits per heavy atom. The second kappa shape index (κ2) is 7.55. The van der Waals surface area contributed by atoms with Crippen molar-refractivity contribution in [2.75, 3.05) is 39.3 Å². The number of carbonyl (C=O) groups excluding carboxylic acids is 1. The molecule has 0 unspecified atom stereocenters. The van der Waals surface area contributed by atoms with E-state index in [9.17, 15) is 4.79 Å². The number of urea groups is 1. The van der Waals surface area contributed by atoms with Crippen molar-refractivity contribution in [3.05, 3.63) is 29.8 Å². The maximum absolute atomic E-state index is 12.7. The van der Waals surface area contributed by atoms with Gasteiger partial charge in [0.1, 0.15) is 17.9 Å². The summed E-state index contributed by atoms with van der Waals surface area (Å²) in [5, 5.41) is 9.14. The average molecular weight is 354 g/mol. The van der Waals surface area contributed by atoms with Crippen LogP contribution in [0.1, 0.15) is 31.2 Å². The van der Waals surface area contributed by atoms with E-state index < -0.39 is 0 Å². The summed E-state index contributed by atoms with van der Waals surface area (Å²) in [7, 11) is 0. The number of likely N-dealkylation sites (tertiary alicyclic amines) is 1. The first-order chi connectivity index (χ1) is 12.7. The summed E-state index contributed by atoms with van der Waals surface area (Å²) in [5.74, 6) is 0.609. The van der Waals surface area contributed by atoms with Crippen molar-refractivity contribution in [1.82, 2.24) is 14.7 Å². The Kier molecular flexibility index (Phi) is 4.98. The zero-order valence-electron chi connectivity index (χ0n) is 15.1. The molecule has 0 bridgehead atoms. The highest BCUT2D eigenvalue weighted by atomic mass is 16.5. The van der Waals surface area contributed by atoms with Crippen LogP contribution in [-0.4, -0.2) is 72.1 Å². The lowest BCUT2D eigenvalue weighted by Crippen LogP contribution is -2.60. The Hall–Kier alpha value is -2.26. The van der Waals surface area contributed by atoms with Crippen LogP contribution in [-0.2, 0) is 0 Å². The molecule has 6 nitrogen and oxygen atoms in total. The maximum atomic E-state index is 12.7. The number of ether oxygens (including phenoxy) is 1. The molecule has 3 aliphatic rings. The number of para-hydroxylation sites is 1. The van der Waals surface area contributed by atoms with Crippen LogP contribution < -0.4 is 4.74 Å². The summed E-state index contributed by atoms with van der Waals surface area (Å²) in [6.07, 6.45) is 5.04. The number of hydrogen-bond acceptors (Lipinski definition) is 4. The van der Waals surface area contributed by atoms with Crippen molar-refractivity contribution in [3.8, 4) is 11.8 Å². The van der Waals surface area contributed by atoms with E-state index in [1.807, 2.05) is 28.0 Å². The molecule has 2 heterocycles. The molecule has 1 aliphatic carbocycles. The second-order valence-electron chi connectivity index (χ2n) is 7.50. The van der Waals surface area contributed by atoms with Crippen LogP contribution in [0, 0.1) is 11.3 Å². The van der Waals surface area contributed by atoms with Gasteiger partial charge in [0.2, 0.25) is 0 Å². The number of benzene rings is 1. The molecular weight excluding hydrogens is 328 g/mol. The molecule has 1 saturated carbocycles. The summed E-state index contributed by atoms with van der Waals surface area (Å²) in [4.78, 5) is 19.2. The number of carbonyl (C=O) groups is 1. The molecule has 2 amide bonds. The largest absolute Gasteiger partial charge is 0.485 e. The zero-order chi connectivity index (χ0) is 17.9. The van der Waals surface area contributed by atoms with E-state index in [-0.39, 0.29) is 12.1 Å². The molecule has 1 aromatic carbocycles. The van der Waals surface area contributed by atoms with Gasteiger partial charge in [0.15, 0.2) is 0 Å².